The SMILES string of the molecule is Cc1sc(Br)cc1C(O)C1COc2ccccc21. The van der Waals surface area contributed by atoms with Crippen molar-refractivity contribution in [3.63, 3.8) is 0 Å². The average molecular weight is 325 g/mol. The Morgan fingerprint density at radius 3 is 2.94 bits per heavy atom. The van der Waals surface area contributed by atoms with E-state index in [1.807, 2.05) is 37.3 Å². The van der Waals surface area contributed by atoms with Gasteiger partial charge in [0.15, 0.2) is 0 Å². The van der Waals surface area contributed by atoms with Crippen LogP contribution in [-0.4, -0.2) is 11.7 Å². The molecular formula is C14H13BrO2S. The minimum Gasteiger partial charge on any atom is -0.493 e. The van der Waals surface area contributed by atoms with Crippen molar-refractivity contribution >= 4 is 27.3 Å². The van der Waals surface area contributed by atoms with E-state index in [1.165, 1.54) is 0 Å². The van der Waals surface area contributed by atoms with Gasteiger partial charge in [0, 0.05) is 10.4 Å². The lowest BCUT2D eigenvalue weighted by molar-refractivity contribution is 0.130. The van der Waals surface area contributed by atoms with Gasteiger partial charge in [0.2, 0.25) is 0 Å². The molecule has 2 atom stereocenters. The normalized spacial score (nSPS) is 19.4. The number of halogens is 1. The van der Waals surface area contributed by atoms with Crippen molar-refractivity contribution in [1.29, 1.82) is 0 Å². The van der Waals surface area contributed by atoms with E-state index in [2.05, 4.69) is 15.9 Å². The standard InChI is InChI=1S/C14H13BrO2S/c1-8-10(6-13(15)18-8)14(16)11-7-17-12-5-3-2-4-9(11)12/h2-6,11,14,16H,7H2,1H3. The van der Waals surface area contributed by atoms with E-state index in [0.717, 1.165) is 25.5 Å². The first-order chi connectivity index (χ1) is 8.66. The van der Waals surface area contributed by atoms with Crippen LogP contribution in [-0.2, 0) is 0 Å². The Balaban J connectivity index is 1.95. The molecule has 2 aromatic rings. The van der Waals surface area contributed by atoms with Gasteiger partial charge >= 0.3 is 0 Å². The van der Waals surface area contributed by atoms with Crippen molar-refractivity contribution in [3.05, 3.63) is 50.1 Å². The first kappa shape index (κ1) is 12.2. The van der Waals surface area contributed by atoms with Crippen LogP contribution >= 0.6 is 27.3 Å². The van der Waals surface area contributed by atoms with Crippen LogP contribution in [0.3, 0.4) is 0 Å². The van der Waals surface area contributed by atoms with Crippen LogP contribution < -0.4 is 4.74 Å². The number of aliphatic hydroxyl groups excluding tert-OH is 1. The fourth-order valence-corrected chi connectivity index (χ4v) is 4.17. The summed E-state index contributed by atoms with van der Waals surface area (Å²) in [5.74, 6) is 0.926. The van der Waals surface area contributed by atoms with Crippen molar-refractivity contribution in [3.8, 4) is 5.75 Å². The molecule has 3 rings (SSSR count). The lowest BCUT2D eigenvalue weighted by Gasteiger charge is -2.17. The summed E-state index contributed by atoms with van der Waals surface area (Å²) in [6.45, 7) is 2.59. The highest BCUT2D eigenvalue weighted by Crippen LogP contribution is 2.43. The van der Waals surface area contributed by atoms with Gasteiger partial charge in [-0.05, 0) is 40.5 Å². The summed E-state index contributed by atoms with van der Waals surface area (Å²) in [4.78, 5) is 1.15. The molecule has 1 aliphatic rings. The van der Waals surface area contributed by atoms with Crippen molar-refractivity contribution in [2.24, 2.45) is 0 Å². The number of fused-ring (bicyclic) bond motifs is 1. The molecule has 18 heavy (non-hydrogen) atoms. The minimum atomic E-state index is -0.504. The summed E-state index contributed by atoms with van der Waals surface area (Å²) in [7, 11) is 0. The zero-order chi connectivity index (χ0) is 12.7. The second-order valence-electron chi connectivity index (χ2n) is 4.46. The molecule has 0 amide bonds. The quantitative estimate of drug-likeness (QED) is 0.903. The van der Waals surface area contributed by atoms with Crippen molar-refractivity contribution in [1.82, 2.24) is 0 Å². The summed E-state index contributed by atoms with van der Waals surface area (Å²) in [6, 6.07) is 9.95. The number of ether oxygens (including phenoxy) is 1. The monoisotopic (exact) mass is 324 g/mol. The van der Waals surface area contributed by atoms with Gasteiger partial charge in [-0.1, -0.05) is 18.2 Å². The molecule has 1 aromatic carbocycles. The Morgan fingerprint density at radius 2 is 2.22 bits per heavy atom. The predicted octanol–water partition coefficient (Wildman–Crippen LogP) is 4.03. The van der Waals surface area contributed by atoms with Gasteiger partial charge in [-0.3, -0.25) is 0 Å². The second-order valence-corrected chi connectivity index (χ2v) is 7.10. The maximum Gasteiger partial charge on any atom is 0.123 e. The van der Waals surface area contributed by atoms with Gasteiger partial charge in [-0.15, -0.1) is 11.3 Å². The molecule has 2 nitrogen and oxygen atoms in total. The molecule has 4 heteroatoms. The predicted molar refractivity (Wildman–Crippen MR) is 76.4 cm³/mol. The topological polar surface area (TPSA) is 29.5 Å². The summed E-state index contributed by atoms with van der Waals surface area (Å²) in [5.41, 5.74) is 2.10. The van der Waals surface area contributed by atoms with E-state index < -0.39 is 6.10 Å². The first-order valence-corrected chi connectivity index (χ1v) is 7.43. The number of para-hydroxylation sites is 1. The summed E-state index contributed by atoms with van der Waals surface area (Å²) in [6.07, 6.45) is -0.504. The number of benzene rings is 1. The number of hydrogen-bond donors (Lipinski definition) is 1. The Bertz CT molecular complexity index is 579. The van der Waals surface area contributed by atoms with Gasteiger partial charge in [0.05, 0.1) is 22.4 Å². The largest absolute Gasteiger partial charge is 0.493 e. The Morgan fingerprint density at radius 1 is 1.44 bits per heavy atom. The van der Waals surface area contributed by atoms with E-state index in [0.29, 0.717) is 6.61 Å². The molecule has 0 saturated heterocycles. The van der Waals surface area contributed by atoms with Crippen molar-refractivity contribution in [2.75, 3.05) is 6.61 Å². The number of hydrogen-bond acceptors (Lipinski definition) is 3. The fraction of sp³-hybridized carbons (Fsp3) is 0.286. The molecule has 0 aliphatic carbocycles. The maximum atomic E-state index is 10.6. The highest BCUT2D eigenvalue weighted by atomic mass is 79.9. The van der Waals surface area contributed by atoms with E-state index in [1.54, 1.807) is 11.3 Å². The van der Waals surface area contributed by atoms with Crippen LogP contribution in [0.25, 0.3) is 0 Å². The highest BCUT2D eigenvalue weighted by molar-refractivity contribution is 9.11. The molecule has 1 aromatic heterocycles. The molecule has 94 valence electrons. The Hall–Kier alpha value is -0.840. The molecule has 0 saturated carbocycles. The third-order valence-electron chi connectivity index (χ3n) is 3.36. The van der Waals surface area contributed by atoms with Crippen molar-refractivity contribution < 1.29 is 9.84 Å². The molecular weight excluding hydrogens is 312 g/mol. The zero-order valence-electron chi connectivity index (χ0n) is 9.89. The second kappa shape index (κ2) is 4.68. The van der Waals surface area contributed by atoms with Crippen LogP contribution in [0.2, 0.25) is 0 Å². The molecule has 0 fully saturated rings. The van der Waals surface area contributed by atoms with Gasteiger partial charge in [0.25, 0.3) is 0 Å². The van der Waals surface area contributed by atoms with E-state index in [-0.39, 0.29) is 5.92 Å². The molecule has 0 spiro atoms. The van der Waals surface area contributed by atoms with Crippen LogP contribution in [0, 0.1) is 6.92 Å². The van der Waals surface area contributed by atoms with Gasteiger partial charge in [0.1, 0.15) is 5.75 Å². The summed E-state index contributed by atoms with van der Waals surface area (Å²) in [5, 5.41) is 10.6. The average Bonchev–Trinajstić information content (AvgIpc) is 2.92. The third-order valence-corrected chi connectivity index (χ3v) is 4.93. The van der Waals surface area contributed by atoms with E-state index >= 15 is 0 Å². The highest BCUT2D eigenvalue weighted by Gasteiger charge is 2.32. The smallest absolute Gasteiger partial charge is 0.123 e. The van der Waals surface area contributed by atoms with E-state index in [4.69, 9.17) is 4.74 Å². The summed E-state index contributed by atoms with van der Waals surface area (Å²) >= 11 is 5.12. The number of thiophene rings is 1. The van der Waals surface area contributed by atoms with Gasteiger partial charge < -0.3 is 9.84 Å². The van der Waals surface area contributed by atoms with Crippen LogP contribution in [0.5, 0.6) is 5.75 Å². The van der Waals surface area contributed by atoms with Crippen LogP contribution in [0.1, 0.15) is 28.0 Å². The molecule has 2 heterocycles. The maximum absolute atomic E-state index is 10.6. The van der Waals surface area contributed by atoms with Gasteiger partial charge in [-0.2, -0.15) is 0 Å². The third kappa shape index (κ3) is 1.98. The minimum absolute atomic E-state index is 0.0291. The van der Waals surface area contributed by atoms with Crippen LogP contribution in [0.4, 0.5) is 0 Å². The van der Waals surface area contributed by atoms with Crippen molar-refractivity contribution in [2.45, 2.75) is 18.9 Å². The Labute approximate surface area is 118 Å². The zero-order valence-corrected chi connectivity index (χ0v) is 12.3. The number of aliphatic hydroxyl groups is 1. The molecule has 0 bridgehead atoms. The molecule has 2 unspecified atom stereocenters. The molecule has 1 aliphatic heterocycles. The van der Waals surface area contributed by atoms with Crippen LogP contribution in [0.15, 0.2) is 34.1 Å². The summed E-state index contributed by atoms with van der Waals surface area (Å²) < 4.78 is 6.69. The van der Waals surface area contributed by atoms with E-state index in [9.17, 15) is 5.11 Å². The number of rotatable bonds is 2. The number of aryl methyl sites for hydroxylation is 1. The lowest BCUT2D eigenvalue weighted by Crippen LogP contribution is -2.12. The molecule has 0 radical (unpaired) electrons. The lowest BCUT2D eigenvalue weighted by atomic mass is 9.91. The molecule has 1 N–H and O–H groups in total. The Kier molecular flexibility index (Phi) is 3.18. The van der Waals surface area contributed by atoms with Gasteiger partial charge in [-0.25, -0.2) is 0 Å². The first-order valence-electron chi connectivity index (χ1n) is 5.82. The fourth-order valence-electron chi connectivity index (χ4n) is 2.42.